The van der Waals surface area contributed by atoms with E-state index in [0.717, 1.165) is 44.0 Å². The van der Waals surface area contributed by atoms with Gasteiger partial charge >= 0.3 is 0 Å². The molecule has 210 valence electrons. The molecule has 5 nitrogen and oxygen atoms in total. The Bertz CT molecular complexity index is 2560. The molecule has 0 aliphatic carbocycles. The first-order valence-corrected chi connectivity index (χ1v) is 15.3. The highest BCUT2D eigenvalue weighted by Crippen LogP contribution is 2.46. The highest BCUT2D eigenvalue weighted by molar-refractivity contribution is 7.25. The van der Waals surface area contributed by atoms with Gasteiger partial charge < -0.3 is 4.57 Å². The summed E-state index contributed by atoms with van der Waals surface area (Å²) in [5.74, 6) is 0. The Morgan fingerprint density at radius 2 is 0.935 bits per heavy atom. The molecule has 0 unspecified atom stereocenters. The fourth-order valence-electron chi connectivity index (χ4n) is 6.71. The maximum absolute atomic E-state index is 10.2. The van der Waals surface area contributed by atoms with Gasteiger partial charge in [-0.05, 0) is 71.8 Å². The highest BCUT2D eigenvalue weighted by Gasteiger charge is 2.24. The average Bonchev–Trinajstić information content (AvgIpc) is 3.66. The maximum atomic E-state index is 10.2. The van der Waals surface area contributed by atoms with Gasteiger partial charge in [-0.2, -0.15) is 21.0 Å². The molecule has 0 N–H and O–H groups in total. The number of fused-ring (bicyclic) bond motifs is 6. The van der Waals surface area contributed by atoms with Crippen molar-refractivity contribution < 1.29 is 0 Å². The van der Waals surface area contributed by atoms with Crippen molar-refractivity contribution in [1.29, 1.82) is 21.0 Å². The molecule has 0 spiro atoms. The van der Waals surface area contributed by atoms with Crippen LogP contribution in [0.3, 0.4) is 0 Å². The summed E-state index contributed by atoms with van der Waals surface area (Å²) in [6.07, 6.45) is 0. The van der Waals surface area contributed by atoms with Gasteiger partial charge in [0.25, 0.3) is 0 Å². The number of benzene rings is 6. The lowest BCUT2D eigenvalue weighted by Crippen LogP contribution is -1.94. The lowest BCUT2D eigenvalue weighted by Gasteiger charge is -2.12. The van der Waals surface area contributed by atoms with Gasteiger partial charge in [0.15, 0.2) is 0 Å². The average molecular weight is 602 g/mol. The first kappa shape index (κ1) is 26.9. The van der Waals surface area contributed by atoms with Gasteiger partial charge in [-0.15, -0.1) is 11.3 Å². The molecule has 0 saturated heterocycles. The molecule has 2 heterocycles. The standard InChI is InChI=1S/C40H19N5S/c41-20-24-7-3-8-25(21-42)37(24)30-12-5-14-33-39(30)40-31(38-26(22-43)9-4-10-27(38)23-44)13-6-15-34(40)45(33)28-17-18-36-32(19-28)29-11-1-2-16-35(29)46-36/h1-19H. The molecule has 0 bridgehead atoms. The zero-order chi connectivity index (χ0) is 31.4. The van der Waals surface area contributed by atoms with Crippen LogP contribution in [0.1, 0.15) is 22.3 Å². The minimum atomic E-state index is 0.395. The van der Waals surface area contributed by atoms with Crippen LogP contribution in [0.2, 0.25) is 0 Å². The van der Waals surface area contributed by atoms with Crippen molar-refractivity contribution in [2.75, 3.05) is 0 Å². The second-order valence-corrected chi connectivity index (χ2v) is 12.0. The molecule has 0 atom stereocenters. The summed E-state index contributed by atoms with van der Waals surface area (Å²) in [7, 11) is 0. The third-order valence-corrected chi connectivity index (χ3v) is 9.74. The van der Waals surface area contributed by atoms with E-state index in [0.29, 0.717) is 33.4 Å². The van der Waals surface area contributed by atoms with Crippen molar-refractivity contribution in [2.45, 2.75) is 0 Å². The molecular formula is C40H19N5S. The zero-order valence-corrected chi connectivity index (χ0v) is 24.9. The number of nitriles is 4. The maximum Gasteiger partial charge on any atom is 0.0998 e. The van der Waals surface area contributed by atoms with Crippen molar-refractivity contribution in [1.82, 2.24) is 4.57 Å². The van der Waals surface area contributed by atoms with Crippen LogP contribution in [0.5, 0.6) is 0 Å². The molecule has 0 amide bonds. The van der Waals surface area contributed by atoms with Crippen LogP contribution >= 0.6 is 11.3 Å². The van der Waals surface area contributed by atoms with Crippen LogP contribution in [-0.4, -0.2) is 4.57 Å². The van der Waals surface area contributed by atoms with Gasteiger partial charge in [-0.25, -0.2) is 0 Å². The van der Waals surface area contributed by atoms with Crippen molar-refractivity contribution in [3.8, 4) is 52.2 Å². The van der Waals surface area contributed by atoms with Crippen molar-refractivity contribution in [3.05, 3.63) is 138 Å². The molecule has 6 aromatic carbocycles. The number of nitrogens with zero attached hydrogens (tertiary/aromatic N) is 5. The predicted octanol–water partition coefficient (Wildman–Crippen LogP) is 9.97. The Hall–Kier alpha value is -6.70. The number of hydrogen-bond acceptors (Lipinski definition) is 5. The molecule has 0 radical (unpaired) electrons. The molecule has 8 aromatic rings. The van der Waals surface area contributed by atoms with E-state index in [-0.39, 0.29) is 0 Å². The summed E-state index contributed by atoms with van der Waals surface area (Å²) in [5, 5.41) is 44.7. The van der Waals surface area contributed by atoms with E-state index in [1.165, 1.54) is 14.8 Å². The number of thiophene rings is 1. The minimum Gasteiger partial charge on any atom is -0.309 e. The van der Waals surface area contributed by atoms with E-state index in [1.807, 2.05) is 36.4 Å². The molecule has 6 heteroatoms. The third-order valence-electron chi connectivity index (χ3n) is 8.58. The molecule has 46 heavy (non-hydrogen) atoms. The summed E-state index contributed by atoms with van der Waals surface area (Å²) in [6.45, 7) is 0. The second kappa shape index (κ2) is 10.5. The van der Waals surface area contributed by atoms with Crippen LogP contribution in [0.25, 0.3) is 69.9 Å². The monoisotopic (exact) mass is 601 g/mol. The van der Waals surface area contributed by atoms with Gasteiger partial charge in [-0.1, -0.05) is 54.6 Å². The van der Waals surface area contributed by atoms with E-state index < -0.39 is 0 Å². The van der Waals surface area contributed by atoms with E-state index in [2.05, 4.69) is 71.3 Å². The number of rotatable bonds is 3. The van der Waals surface area contributed by atoms with Gasteiger partial charge in [0.2, 0.25) is 0 Å². The Balaban J connectivity index is 1.59. The Morgan fingerprint density at radius 1 is 0.457 bits per heavy atom. The first-order valence-electron chi connectivity index (χ1n) is 14.5. The van der Waals surface area contributed by atoms with E-state index in [1.54, 1.807) is 47.7 Å². The summed E-state index contributed by atoms with van der Waals surface area (Å²) in [4.78, 5) is 0. The first-order chi connectivity index (χ1) is 22.7. The zero-order valence-electron chi connectivity index (χ0n) is 24.1. The predicted molar refractivity (Wildman–Crippen MR) is 183 cm³/mol. The highest BCUT2D eigenvalue weighted by atomic mass is 32.1. The van der Waals surface area contributed by atoms with E-state index in [4.69, 9.17) is 0 Å². The van der Waals surface area contributed by atoms with Crippen LogP contribution in [0.4, 0.5) is 0 Å². The minimum absolute atomic E-state index is 0.395. The lowest BCUT2D eigenvalue weighted by atomic mass is 9.88. The van der Waals surface area contributed by atoms with Crippen LogP contribution in [0.15, 0.2) is 115 Å². The lowest BCUT2D eigenvalue weighted by molar-refractivity contribution is 1.19. The Kier molecular flexibility index (Phi) is 6.13. The molecule has 0 fully saturated rings. The number of aromatic nitrogens is 1. The fraction of sp³-hybridized carbons (Fsp3) is 0. The molecule has 0 aliphatic rings. The van der Waals surface area contributed by atoms with Crippen LogP contribution < -0.4 is 0 Å². The van der Waals surface area contributed by atoms with Gasteiger partial charge in [0, 0.05) is 47.8 Å². The second-order valence-electron chi connectivity index (χ2n) is 10.9. The molecule has 0 aliphatic heterocycles. The van der Waals surface area contributed by atoms with Crippen molar-refractivity contribution in [3.63, 3.8) is 0 Å². The summed E-state index contributed by atoms with van der Waals surface area (Å²) >= 11 is 1.76. The van der Waals surface area contributed by atoms with Gasteiger partial charge in [0.05, 0.1) is 57.6 Å². The molecular weight excluding hydrogens is 583 g/mol. The smallest absolute Gasteiger partial charge is 0.0998 e. The van der Waals surface area contributed by atoms with Crippen molar-refractivity contribution in [2.24, 2.45) is 0 Å². The van der Waals surface area contributed by atoms with Gasteiger partial charge in [0.1, 0.15) is 0 Å². The van der Waals surface area contributed by atoms with Crippen molar-refractivity contribution >= 4 is 53.3 Å². The SMILES string of the molecule is N#Cc1cccc(C#N)c1-c1cccc2c1c1c(-c3c(C#N)cccc3C#N)cccc1n2-c1ccc2sc3ccccc3c2c1. The molecule has 8 rings (SSSR count). The summed E-state index contributed by atoms with van der Waals surface area (Å²) in [5.41, 5.74) is 6.87. The third kappa shape index (κ3) is 3.83. The largest absolute Gasteiger partial charge is 0.309 e. The quantitative estimate of drug-likeness (QED) is 0.201. The summed E-state index contributed by atoms with van der Waals surface area (Å²) < 4.78 is 4.61. The Labute approximate surface area is 267 Å². The van der Waals surface area contributed by atoms with E-state index in [9.17, 15) is 21.0 Å². The molecule has 0 saturated carbocycles. The molecule has 2 aromatic heterocycles. The van der Waals surface area contributed by atoms with Gasteiger partial charge in [-0.3, -0.25) is 0 Å². The van der Waals surface area contributed by atoms with E-state index >= 15 is 0 Å². The fourth-order valence-corrected chi connectivity index (χ4v) is 7.80. The topological polar surface area (TPSA) is 100 Å². The summed E-state index contributed by atoms with van der Waals surface area (Å²) in [6, 6.07) is 46.2. The van der Waals surface area contributed by atoms with Crippen LogP contribution in [0, 0.1) is 45.3 Å². The van der Waals surface area contributed by atoms with Crippen LogP contribution in [-0.2, 0) is 0 Å². The Morgan fingerprint density at radius 3 is 1.46 bits per heavy atom. The normalized spacial score (nSPS) is 11.0. The number of hydrogen-bond donors (Lipinski definition) is 0.